The standard InChI is InChI=1S/C10H20O3/c1-8(2)10(13-4)9(11)6-5-7-12-3/h8,10H,5-7H2,1-4H3. The Labute approximate surface area is 80.4 Å². The molecule has 0 fully saturated rings. The Morgan fingerprint density at radius 3 is 2.31 bits per heavy atom. The van der Waals surface area contributed by atoms with Gasteiger partial charge in [0.05, 0.1) is 0 Å². The predicted octanol–water partition coefficient (Wildman–Crippen LogP) is 1.65. The highest BCUT2D eigenvalue weighted by atomic mass is 16.5. The molecule has 3 nitrogen and oxygen atoms in total. The van der Waals surface area contributed by atoms with Crippen molar-refractivity contribution in [3.63, 3.8) is 0 Å². The quantitative estimate of drug-likeness (QED) is 0.570. The average Bonchev–Trinajstić information content (AvgIpc) is 2.05. The molecule has 0 radical (unpaired) electrons. The van der Waals surface area contributed by atoms with Crippen LogP contribution in [0.15, 0.2) is 0 Å². The summed E-state index contributed by atoms with van der Waals surface area (Å²) in [5.41, 5.74) is 0. The van der Waals surface area contributed by atoms with Crippen LogP contribution >= 0.6 is 0 Å². The topological polar surface area (TPSA) is 35.5 Å². The van der Waals surface area contributed by atoms with Crippen LogP contribution in [0.3, 0.4) is 0 Å². The molecule has 0 N–H and O–H groups in total. The molecule has 0 aliphatic rings. The van der Waals surface area contributed by atoms with E-state index in [2.05, 4.69) is 0 Å². The minimum atomic E-state index is -0.253. The molecule has 0 aromatic rings. The maximum Gasteiger partial charge on any atom is 0.161 e. The molecule has 1 unspecified atom stereocenters. The van der Waals surface area contributed by atoms with Crippen molar-refractivity contribution >= 4 is 5.78 Å². The number of carbonyl (C=O) groups is 1. The van der Waals surface area contributed by atoms with Gasteiger partial charge in [-0.3, -0.25) is 4.79 Å². The van der Waals surface area contributed by atoms with E-state index < -0.39 is 0 Å². The molecule has 0 rings (SSSR count). The fourth-order valence-corrected chi connectivity index (χ4v) is 1.31. The van der Waals surface area contributed by atoms with Crippen LogP contribution in [0.1, 0.15) is 26.7 Å². The summed E-state index contributed by atoms with van der Waals surface area (Å²) in [6.07, 6.45) is 1.07. The van der Waals surface area contributed by atoms with Gasteiger partial charge in [-0.1, -0.05) is 13.8 Å². The molecule has 1 atom stereocenters. The van der Waals surface area contributed by atoms with E-state index in [4.69, 9.17) is 9.47 Å². The molecule has 0 spiro atoms. The van der Waals surface area contributed by atoms with Gasteiger partial charge in [0.25, 0.3) is 0 Å². The van der Waals surface area contributed by atoms with Crippen molar-refractivity contribution < 1.29 is 14.3 Å². The highest BCUT2D eigenvalue weighted by molar-refractivity contribution is 5.83. The lowest BCUT2D eigenvalue weighted by molar-refractivity contribution is -0.131. The van der Waals surface area contributed by atoms with Gasteiger partial charge in [-0.05, 0) is 12.3 Å². The van der Waals surface area contributed by atoms with Gasteiger partial charge in [-0.2, -0.15) is 0 Å². The third-order valence-electron chi connectivity index (χ3n) is 1.95. The zero-order valence-corrected chi connectivity index (χ0v) is 9.00. The normalized spacial score (nSPS) is 13.3. The van der Waals surface area contributed by atoms with Crippen LogP contribution in [-0.2, 0) is 14.3 Å². The van der Waals surface area contributed by atoms with Crippen molar-refractivity contribution in [1.82, 2.24) is 0 Å². The SMILES string of the molecule is COCCCC(=O)C(OC)C(C)C. The summed E-state index contributed by atoms with van der Waals surface area (Å²) in [5, 5.41) is 0. The first-order valence-electron chi connectivity index (χ1n) is 4.68. The summed E-state index contributed by atoms with van der Waals surface area (Å²) in [5.74, 6) is 0.426. The largest absolute Gasteiger partial charge is 0.385 e. The first-order valence-corrected chi connectivity index (χ1v) is 4.68. The van der Waals surface area contributed by atoms with Gasteiger partial charge >= 0.3 is 0 Å². The lowest BCUT2D eigenvalue weighted by atomic mass is 10.00. The van der Waals surface area contributed by atoms with E-state index >= 15 is 0 Å². The Balaban J connectivity index is 3.78. The summed E-state index contributed by atoms with van der Waals surface area (Å²) >= 11 is 0. The van der Waals surface area contributed by atoms with Crippen LogP contribution in [0.25, 0.3) is 0 Å². The molecular formula is C10H20O3. The monoisotopic (exact) mass is 188 g/mol. The molecule has 0 aromatic carbocycles. The zero-order valence-electron chi connectivity index (χ0n) is 9.00. The molecule has 78 valence electrons. The smallest absolute Gasteiger partial charge is 0.161 e. The number of hydrogen-bond acceptors (Lipinski definition) is 3. The van der Waals surface area contributed by atoms with Crippen LogP contribution in [0, 0.1) is 5.92 Å². The van der Waals surface area contributed by atoms with Gasteiger partial charge in [0.15, 0.2) is 5.78 Å². The molecule has 0 aliphatic carbocycles. The molecule has 0 amide bonds. The second-order valence-corrected chi connectivity index (χ2v) is 3.46. The number of Topliss-reactive ketones (excluding diaryl/α,β-unsaturated/α-hetero) is 1. The van der Waals surface area contributed by atoms with E-state index in [-0.39, 0.29) is 17.8 Å². The van der Waals surface area contributed by atoms with E-state index in [1.165, 1.54) is 0 Å². The number of methoxy groups -OCH3 is 2. The molecule has 0 aliphatic heterocycles. The summed E-state index contributed by atoms with van der Waals surface area (Å²) in [4.78, 5) is 11.5. The Kier molecular flexibility index (Phi) is 6.82. The van der Waals surface area contributed by atoms with Gasteiger partial charge in [0, 0.05) is 27.2 Å². The van der Waals surface area contributed by atoms with Crippen LogP contribution in [0.2, 0.25) is 0 Å². The van der Waals surface area contributed by atoms with Crippen molar-refractivity contribution in [2.24, 2.45) is 5.92 Å². The average molecular weight is 188 g/mol. The molecule has 0 saturated heterocycles. The van der Waals surface area contributed by atoms with Crippen molar-refractivity contribution in [2.75, 3.05) is 20.8 Å². The van der Waals surface area contributed by atoms with E-state index in [1.807, 2.05) is 13.8 Å². The summed E-state index contributed by atoms with van der Waals surface area (Å²) in [6.45, 7) is 4.62. The molecular weight excluding hydrogens is 168 g/mol. The van der Waals surface area contributed by atoms with Gasteiger partial charge < -0.3 is 9.47 Å². The minimum Gasteiger partial charge on any atom is -0.385 e. The Morgan fingerprint density at radius 2 is 1.92 bits per heavy atom. The van der Waals surface area contributed by atoms with Gasteiger partial charge in [0.1, 0.15) is 6.10 Å². The Bertz CT molecular complexity index is 143. The molecule has 0 heterocycles. The number of rotatable bonds is 7. The van der Waals surface area contributed by atoms with E-state index in [9.17, 15) is 4.79 Å². The highest BCUT2D eigenvalue weighted by Gasteiger charge is 2.20. The van der Waals surface area contributed by atoms with Gasteiger partial charge in [0.2, 0.25) is 0 Å². The van der Waals surface area contributed by atoms with Crippen molar-refractivity contribution in [2.45, 2.75) is 32.8 Å². The Morgan fingerprint density at radius 1 is 1.31 bits per heavy atom. The maximum atomic E-state index is 11.5. The third-order valence-corrected chi connectivity index (χ3v) is 1.95. The lowest BCUT2D eigenvalue weighted by Gasteiger charge is -2.17. The highest BCUT2D eigenvalue weighted by Crippen LogP contribution is 2.09. The second-order valence-electron chi connectivity index (χ2n) is 3.46. The predicted molar refractivity (Wildman–Crippen MR) is 51.8 cm³/mol. The molecule has 0 bridgehead atoms. The van der Waals surface area contributed by atoms with Crippen molar-refractivity contribution in [1.29, 1.82) is 0 Å². The van der Waals surface area contributed by atoms with Crippen LogP contribution in [-0.4, -0.2) is 32.7 Å². The number of ketones is 1. The van der Waals surface area contributed by atoms with E-state index in [1.54, 1.807) is 14.2 Å². The van der Waals surface area contributed by atoms with Gasteiger partial charge in [-0.15, -0.1) is 0 Å². The zero-order chi connectivity index (χ0) is 10.3. The first-order chi connectivity index (χ1) is 6.13. The number of carbonyl (C=O) groups excluding carboxylic acids is 1. The summed E-state index contributed by atoms with van der Waals surface area (Å²) in [6, 6.07) is 0. The van der Waals surface area contributed by atoms with Crippen LogP contribution in [0.4, 0.5) is 0 Å². The van der Waals surface area contributed by atoms with Gasteiger partial charge in [-0.25, -0.2) is 0 Å². The summed E-state index contributed by atoms with van der Waals surface area (Å²) in [7, 11) is 3.22. The molecule has 0 aromatic heterocycles. The van der Waals surface area contributed by atoms with E-state index in [0.717, 1.165) is 6.42 Å². The first kappa shape index (κ1) is 12.6. The third kappa shape index (κ3) is 5.01. The molecule has 13 heavy (non-hydrogen) atoms. The fraction of sp³-hybridized carbons (Fsp3) is 0.900. The van der Waals surface area contributed by atoms with Crippen molar-refractivity contribution in [3.05, 3.63) is 0 Å². The molecule has 0 saturated carbocycles. The van der Waals surface area contributed by atoms with Crippen molar-refractivity contribution in [3.8, 4) is 0 Å². The second kappa shape index (κ2) is 7.04. The van der Waals surface area contributed by atoms with Crippen LogP contribution < -0.4 is 0 Å². The summed E-state index contributed by atoms with van der Waals surface area (Å²) < 4.78 is 9.99. The molecule has 3 heteroatoms. The minimum absolute atomic E-state index is 0.176. The Hall–Kier alpha value is -0.410. The maximum absolute atomic E-state index is 11.5. The lowest BCUT2D eigenvalue weighted by Crippen LogP contribution is -2.28. The van der Waals surface area contributed by atoms with Crippen LogP contribution in [0.5, 0.6) is 0 Å². The number of ether oxygens (including phenoxy) is 2. The number of hydrogen-bond donors (Lipinski definition) is 0. The van der Waals surface area contributed by atoms with E-state index in [0.29, 0.717) is 13.0 Å². The fourth-order valence-electron chi connectivity index (χ4n) is 1.31.